The van der Waals surface area contributed by atoms with Crippen molar-refractivity contribution >= 4 is 5.97 Å². The Morgan fingerprint density at radius 1 is 0.950 bits per heavy atom. The molecule has 0 atom stereocenters. The van der Waals surface area contributed by atoms with Crippen molar-refractivity contribution in [3.05, 3.63) is 59.7 Å². The largest absolute Gasteiger partial charge is 0.481 e. The van der Waals surface area contributed by atoms with Crippen molar-refractivity contribution in [1.82, 2.24) is 0 Å². The molecule has 20 heavy (non-hydrogen) atoms. The average molecular weight is 268 g/mol. The van der Waals surface area contributed by atoms with Crippen molar-refractivity contribution in [2.45, 2.75) is 32.6 Å². The lowest BCUT2D eigenvalue weighted by Crippen LogP contribution is -1.97. The van der Waals surface area contributed by atoms with Crippen LogP contribution in [0.25, 0.3) is 11.1 Å². The predicted octanol–water partition coefficient (Wildman–Crippen LogP) is 4.32. The zero-order valence-electron chi connectivity index (χ0n) is 11.8. The topological polar surface area (TPSA) is 37.3 Å². The number of aryl methyl sites for hydroxylation is 2. The first kappa shape index (κ1) is 14.3. The highest BCUT2D eigenvalue weighted by Crippen LogP contribution is 2.22. The summed E-state index contributed by atoms with van der Waals surface area (Å²) in [5.41, 5.74) is 4.76. The van der Waals surface area contributed by atoms with E-state index in [1.807, 2.05) is 12.1 Å². The number of hydrogen-bond acceptors (Lipinski definition) is 1. The number of carboxylic acids is 1. The molecule has 0 aliphatic rings. The Morgan fingerprint density at radius 2 is 1.70 bits per heavy atom. The lowest BCUT2D eigenvalue weighted by Gasteiger charge is -2.06. The highest BCUT2D eigenvalue weighted by molar-refractivity contribution is 5.68. The van der Waals surface area contributed by atoms with E-state index in [2.05, 4.69) is 43.3 Å². The van der Waals surface area contributed by atoms with E-state index in [1.165, 1.54) is 11.1 Å². The van der Waals surface area contributed by atoms with Gasteiger partial charge in [-0.15, -0.1) is 0 Å². The van der Waals surface area contributed by atoms with E-state index in [1.54, 1.807) is 0 Å². The predicted molar refractivity (Wildman–Crippen MR) is 81.8 cm³/mol. The Bertz CT molecular complexity index is 570. The minimum absolute atomic E-state index is 0.179. The lowest BCUT2D eigenvalue weighted by molar-refractivity contribution is -0.136. The molecule has 0 aliphatic carbocycles. The Balaban J connectivity index is 2.15. The Kier molecular flexibility index (Phi) is 4.94. The Labute approximate surface area is 120 Å². The molecular weight excluding hydrogens is 248 g/mol. The number of rotatable bonds is 6. The maximum Gasteiger partial charge on any atom is 0.303 e. The maximum absolute atomic E-state index is 10.6. The summed E-state index contributed by atoms with van der Waals surface area (Å²) in [5.74, 6) is -0.751. The van der Waals surface area contributed by atoms with Gasteiger partial charge in [0.15, 0.2) is 0 Å². The summed E-state index contributed by atoms with van der Waals surface area (Å²) in [6.07, 6.45) is 3.03. The van der Waals surface area contributed by atoms with Crippen LogP contribution in [-0.2, 0) is 17.6 Å². The summed E-state index contributed by atoms with van der Waals surface area (Å²) in [6.45, 7) is 2.18. The first-order chi connectivity index (χ1) is 9.69. The van der Waals surface area contributed by atoms with Gasteiger partial charge in [0, 0.05) is 6.42 Å². The van der Waals surface area contributed by atoms with Gasteiger partial charge in [-0.2, -0.15) is 0 Å². The van der Waals surface area contributed by atoms with Gasteiger partial charge in [-0.25, -0.2) is 0 Å². The first-order valence-electron chi connectivity index (χ1n) is 7.09. The molecule has 0 aromatic heterocycles. The summed E-state index contributed by atoms with van der Waals surface area (Å²) >= 11 is 0. The van der Waals surface area contributed by atoms with E-state index in [9.17, 15) is 4.79 Å². The standard InChI is InChI=1S/C18H20O2/c1-2-4-14-7-10-16(11-8-14)17-6-3-5-15(13-17)9-12-18(19)20/h3,5-8,10-11,13H,2,4,9,12H2,1H3,(H,19,20). The lowest BCUT2D eigenvalue weighted by atomic mass is 9.99. The van der Waals surface area contributed by atoms with E-state index in [0.717, 1.165) is 24.0 Å². The summed E-state index contributed by atoms with van der Waals surface area (Å²) in [4.78, 5) is 10.6. The number of aliphatic carboxylic acids is 1. The molecule has 2 rings (SSSR count). The quantitative estimate of drug-likeness (QED) is 0.847. The molecule has 0 radical (unpaired) electrons. The minimum atomic E-state index is -0.751. The van der Waals surface area contributed by atoms with Crippen molar-refractivity contribution in [1.29, 1.82) is 0 Å². The normalized spacial score (nSPS) is 10.4. The fourth-order valence-corrected chi connectivity index (χ4v) is 2.31. The van der Waals surface area contributed by atoms with Crippen LogP contribution < -0.4 is 0 Å². The van der Waals surface area contributed by atoms with Crippen molar-refractivity contribution < 1.29 is 9.90 Å². The molecule has 104 valence electrons. The van der Waals surface area contributed by atoms with E-state index in [0.29, 0.717) is 6.42 Å². The Hall–Kier alpha value is -2.09. The highest BCUT2D eigenvalue weighted by atomic mass is 16.4. The van der Waals surface area contributed by atoms with Crippen molar-refractivity contribution in [3.8, 4) is 11.1 Å². The van der Waals surface area contributed by atoms with Crippen LogP contribution in [0.15, 0.2) is 48.5 Å². The highest BCUT2D eigenvalue weighted by Gasteiger charge is 2.02. The molecule has 2 aromatic carbocycles. The van der Waals surface area contributed by atoms with Crippen LogP contribution in [0.5, 0.6) is 0 Å². The van der Waals surface area contributed by atoms with E-state index in [4.69, 9.17) is 5.11 Å². The molecule has 0 saturated carbocycles. The molecule has 2 heteroatoms. The molecule has 0 heterocycles. The number of carbonyl (C=O) groups is 1. The fourth-order valence-electron chi connectivity index (χ4n) is 2.31. The molecule has 0 spiro atoms. The smallest absolute Gasteiger partial charge is 0.303 e. The van der Waals surface area contributed by atoms with Gasteiger partial charge >= 0.3 is 5.97 Å². The Morgan fingerprint density at radius 3 is 2.35 bits per heavy atom. The van der Waals surface area contributed by atoms with Gasteiger partial charge in [0.2, 0.25) is 0 Å². The molecule has 0 fully saturated rings. The summed E-state index contributed by atoms with van der Waals surface area (Å²) in [6, 6.07) is 16.7. The zero-order chi connectivity index (χ0) is 14.4. The molecule has 1 N–H and O–H groups in total. The SMILES string of the molecule is CCCc1ccc(-c2cccc(CCC(=O)O)c2)cc1. The molecular formula is C18H20O2. The fraction of sp³-hybridized carbons (Fsp3) is 0.278. The van der Waals surface area contributed by atoms with Gasteiger partial charge < -0.3 is 5.11 Å². The maximum atomic E-state index is 10.6. The van der Waals surface area contributed by atoms with Crippen LogP contribution >= 0.6 is 0 Å². The van der Waals surface area contributed by atoms with Crippen molar-refractivity contribution in [2.75, 3.05) is 0 Å². The second-order valence-electron chi connectivity index (χ2n) is 5.04. The molecule has 0 amide bonds. The van der Waals surface area contributed by atoms with Crippen molar-refractivity contribution in [2.24, 2.45) is 0 Å². The molecule has 0 bridgehead atoms. The van der Waals surface area contributed by atoms with Gasteiger partial charge in [0.25, 0.3) is 0 Å². The van der Waals surface area contributed by atoms with Gasteiger partial charge in [-0.05, 0) is 35.1 Å². The molecule has 0 unspecified atom stereocenters. The second-order valence-corrected chi connectivity index (χ2v) is 5.04. The van der Waals surface area contributed by atoms with Crippen molar-refractivity contribution in [3.63, 3.8) is 0 Å². The average Bonchev–Trinajstić information content (AvgIpc) is 2.47. The summed E-state index contributed by atoms with van der Waals surface area (Å²) in [7, 11) is 0. The monoisotopic (exact) mass is 268 g/mol. The second kappa shape index (κ2) is 6.90. The third kappa shape index (κ3) is 3.95. The van der Waals surface area contributed by atoms with Crippen LogP contribution in [0.3, 0.4) is 0 Å². The van der Waals surface area contributed by atoms with Crippen LogP contribution in [-0.4, -0.2) is 11.1 Å². The van der Waals surface area contributed by atoms with Gasteiger partial charge in [-0.3, -0.25) is 4.79 Å². The van der Waals surface area contributed by atoms with E-state index in [-0.39, 0.29) is 6.42 Å². The molecule has 2 nitrogen and oxygen atoms in total. The van der Waals surface area contributed by atoms with Crippen LogP contribution in [0.2, 0.25) is 0 Å². The minimum Gasteiger partial charge on any atom is -0.481 e. The van der Waals surface area contributed by atoms with Gasteiger partial charge in [0.05, 0.1) is 0 Å². The van der Waals surface area contributed by atoms with Crippen LogP contribution in [0.1, 0.15) is 30.9 Å². The van der Waals surface area contributed by atoms with Gasteiger partial charge in [0.1, 0.15) is 0 Å². The molecule has 0 saturated heterocycles. The number of benzene rings is 2. The van der Waals surface area contributed by atoms with Crippen LogP contribution in [0, 0.1) is 0 Å². The molecule has 2 aromatic rings. The summed E-state index contributed by atoms with van der Waals surface area (Å²) < 4.78 is 0. The van der Waals surface area contributed by atoms with E-state index < -0.39 is 5.97 Å². The molecule has 0 aliphatic heterocycles. The number of hydrogen-bond donors (Lipinski definition) is 1. The zero-order valence-corrected chi connectivity index (χ0v) is 11.8. The van der Waals surface area contributed by atoms with Crippen LogP contribution in [0.4, 0.5) is 0 Å². The summed E-state index contributed by atoms with van der Waals surface area (Å²) in [5, 5.41) is 8.74. The third-order valence-electron chi connectivity index (χ3n) is 3.38. The van der Waals surface area contributed by atoms with E-state index >= 15 is 0 Å². The first-order valence-corrected chi connectivity index (χ1v) is 7.09. The van der Waals surface area contributed by atoms with Gasteiger partial charge in [-0.1, -0.05) is 61.9 Å². The number of carboxylic acid groups (broad SMARTS) is 1. The third-order valence-corrected chi connectivity index (χ3v) is 3.38.